The summed E-state index contributed by atoms with van der Waals surface area (Å²) in [6.45, 7) is 6.03. The van der Waals surface area contributed by atoms with Gasteiger partial charge in [-0.25, -0.2) is 0 Å². The van der Waals surface area contributed by atoms with Crippen molar-refractivity contribution in [1.82, 2.24) is 4.90 Å². The lowest BCUT2D eigenvalue weighted by atomic mass is 9.90. The SMILES string of the molecule is CCC1(C(=O)N2CCCC(C(C)N)C2)CC1.Cl. The number of hydrogen-bond donors (Lipinski definition) is 1. The van der Waals surface area contributed by atoms with Crippen LogP contribution in [0, 0.1) is 11.3 Å². The van der Waals surface area contributed by atoms with Crippen LogP contribution in [0.2, 0.25) is 0 Å². The van der Waals surface area contributed by atoms with Gasteiger partial charge in [0.1, 0.15) is 0 Å². The number of rotatable bonds is 3. The Morgan fingerprint density at radius 2 is 2.18 bits per heavy atom. The van der Waals surface area contributed by atoms with Gasteiger partial charge in [0.25, 0.3) is 0 Å². The molecule has 4 heteroatoms. The number of halogens is 1. The third kappa shape index (κ3) is 2.94. The fraction of sp³-hybridized carbons (Fsp3) is 0.923. The van der Waals surface area contributed by atoms with Crippen molar-refractivity contribution >= 4 is 18.3 Å². The summed E-state index contributed by atoms with van der Waals surface area (Å²) >= 11 is 0. The minimum atomic E-state index is 0. The zero-order valence-corrected chi connectivity index (χ0v) is 11.8. The highest BCUT2D eigenvalue weighted by molar-refractivity contribution is 5.85. The molecule has 0 aromatic carbocycles. The summed E-state index contributed by atoms with van der Waals surface area (Å²) in [6, 6.07) is 0.215. The minimum absolute atomic E-state index is 0. The zero-order valence-electron chi connectivity index (χ0n) is 10.9. The van der Waals surface area contributed by atoms with Crippen molar-refractivity contribution in [2.45, 2.75) is 52.0 Å². The van der Waals surface area contributed by atoms with Crippen molar-refractivity contribution < 1.29 is 4.79 Å². The number of nitrogens with two attached hydrogens (primary N) is 1. The van der Waals surface area contributed by atoms with E-state index in [1.165, 1.54) is 6.42 Å². The lowest BCUT2D eigenvalue weighted by Crippen LogP contribution is -2.47. The van der Waals surface area contributed by atoms with Crippen LogP contribution in [0.1, 0.15) is 46.0 Å². The van der Waals surface area contributed by atoms with Gasteiger partial charge >= 0.3 is 0 Å². The Hall–Kier alpha value is -0.280. The monoisotopic (exact) mass is 260 g/mol. The van der Waals surface area contributed by atoms with Crippen LogP contribution in [0.5, 0.6) is 0 Å². The number of carbonyl (C=O) groups excluding carboxylic acids is 1. The Kier molecular flexibility index (Phi) is 4.85. The maximum Gasteiger partial charge on any atom is 0.228 e. The summed E-state index contributed by atoms with van der Waals surface area (Å²) in [5.74, 6) is 0.908. The van der Waals surface area contributed by atoms with E-state index in [1.807, 2.05) is 0 Å². The predicted molar refractivity (Wildman–Crippen MR) is 72.2 cm³/mol. The Bertz CT molecular complexity index is 277. The number of piperidine rings is 1. The summed E-state index contributed by atoms with van der Waals surface area (Å²) in [5.41, 5.74) is 5.98. The summed E-state index contributed by atoms with van der Waals surface area (Å²) in [6.07, 6.45) is 5.51. The maximum atomic E-state index is 12.4. The fourth-order valence-corrected chi connectivity index (χ4v) is 2.83. The van der Waals surface area contributed by atoms with Crippen LogP contribution in [0.15, 0.2) is 0 Å². The van der Waals surface area contributed by atoms with Gasteiger partial charge in [-0.1, -0.05) is 6.92 Å². The number of amides is 1. The van der Waals surface area contributed by atoms with Crippen LogP contribution in [-0.4, -0.2) is 29.9 Å². The van der Waals surface area contributed by atoms with E-state index in [0.29, 0.717) is 11.8 Å². The molecule has 2 fully saturated rings. The highest BCUT2D eigenvalue weighted by Crippen LogP contribution is 2.50. The van der Waals surface area contributed by atoms with Gasteiger partial charge in [-0.2, -0.15) is 0 Å². The van der Waals surface area contributed by atoms with Gasteiger partial charge < -0.3 is 10.6 Å². The second-order valence-electron chi connectivity index (χ2n) is 5.65. The lowest BCUT2D eigenvalue weighted by molar-refractivity contribution is -0.139. The topological polar surface area (TPSA) is 46.3 Å². The Morgan fingerprint density at radius 3 is 2.65 bits per heavy atom. The number of carbonyl (C=O) groups is 1. The first-order chi connectivity index (χ1) is 7.59. The molecule has 2 N–H and O–H groups in total. The third-order valence-electron chi connectivity index (χ3n) is 4.47. The van der Waals surface area contributed by atoms with Crippen LogP contribution in [-0.2, 0) is 4.79 Å². The minimum Gasteiger partial charge on any atom is -0.342 e. The van der Waals surface area contributed by atoms with Crippen LogP contribution < -0.4 is 5.73 Å². The molecule has 3 nitrogen and oxygen atoms in total. The van der Waals surface area contributed by atoms with Crippen molar-refractivity contribution in [1.29, 1.82) is 0 Å². The van der Waals surface area contributed by atoms with Gasteiger partial charge in [0.2, 0.25) is 5.91 Å². The van der Waals surface area contributed by atoms with Crippen molar-refractivity contribution in [3.63, 3.8) is 0 Å². The van der Waals surface area contributed by atoms with E-state index in [0.717, 1.165) is 38.8 Å². The van der Waals surface area contributed by atoms with Crippen molar-refractivity contribution in [3.05, 3.63) is 0 Å². The van der Waals surface area contributed by atoms with E-state index >= 15 is 0 Å². The van der Waals surface area contributed by atoms with E-state index in [-0.39, 0.29) is 23.9 Å². The zero-order chi connectivity index (χ0) is 11.8. The van der Waals surface area contributed by atoms with Gasteiger partial charge in [-0.3, -0.25) is 4.79 Å². The molecule has 2 atom stereocenters. The fourth-order valence-electron chi connectivity index (χ4n) is 2.83. The molecule has 1 heterocycles. The first-order valence-electron chi connectivity index (χ1n) is 6.64. The first kappa shape index (κ1) is 14.8. The highest BCUT2D eigenvalue weighted by atomic mass is 35.5. The van der Waals surface area contributed by atoms with E-state index < -0.39 is 0 Å². The van der Waals surface area contributed by atoms with Crippen LogP contribution in [0.3, 0.4) is 0 Å². The Labute approximate surface area is 111 Å². The second kappa shape index (κ2) is 5.57. The molecule has 2 rings (SSSR count). The molecule has 0 bridgehead atoms. The van der Waals surface area contributed by atoms with Gasteiger partial charge in [-0.05, 0) is 44.9 Å². The average molecular weight is 261 g/mol. The predicted octanol–water partition coefficient (Wildman–Crippen LogP) is 2.18. The average Bonchev–Trinajstić information content (AvgIpc) is 3.09. The molecule has 1 saturated heterocycles. The number of nitrogens with zero attached hydrogens (tertiary/aromatic N) is 1. The maximum absolute atomic E-state index is 12.4. The van der Waals surface area contributed by atoms with Crippen molar-refractivity contribution in [3.8, 4) is 0 Å². The molecule has 100 valence electrons. The first-order valence-corrected chi connectivity index (χ1v) is 6.64. The number of hydrogen-bond acceptors (Lipinski definition) is 2. The van der Waals surface area contributed by atoms with Crippen molar-refractivity contribution in [2.24, 2.45) is 17.1 Å². The largest absolute Gasteiger partial charge is 0.342 e. The molecular weight excluding hydrogens is 236 g/mol. The molecule has 1 saturated carbocycles. The van der Waals surface area contributed by atoms with E-state index in [1.54, 1.807) is 0 Å². The molecule has 1 aliphatic carbocycles. The summed E-state index contributed by atoms with van der Waals surface area (Å²) in [7, 11) is 0. The van der Waals surface area contributed by atoms with E-state index in [4.69, 9.17) is 5.73 Å². The quantitative estimate of drug-likeness (QED) is 0.846. The Morgan fingerprint density at radius 1 is 1.53 bits per heavy atom. The second-order valence-corrected chi connectivity index (χ2v) is 5.65. The molecular formula is C13H25ClN2O. The van der Waals surface area contributed by atoms with Crippen LogP contribution >= 0.6 is 12.4 Å². The third-order valence-corrected chi connectivity index (χ3v) is 4.47. The number of likely N-dealkylation sites (tertiary alicyclic amines) is 1. The van der Waals surface area contributed by atoms with Crippen LogP contribution in [0.4, 0.5) is 0 Å². The Balaban J connectivity index is 0.00000144. The van der Waals surface area contributed by atoms with E-state index in [2.05, 4.69) is 18.7 Å². The standard InChI is InChI=1S/C13H24N2O.ClH/c1-3-13(6-7-13)12(16)15-8-4-5-11(9-15)10(2)14;/h10-11H,3-9,14H2,1-2H3;1H. The van der Waals surface area contributed by atoms with Gasteiger partial charge in [-0.15, -0.1) is 12.4 Å². The molecule has 2 aliphatic rings. The summed E-state index contributed by atoms with van der Waals surface area (Å²) in [5, 5.41) is 0. The normalized spacial score (nSPS) is 28.2. The molecule has 1 amide bonds. The van der Waals surface area contributed by atoms with Gasteiger partial charge in [0.05, 0.1) is 0 Å². The molecule has 0 radical (unpaired) electrons. The van der Waals surface area contributed by atoms with Gasteiger partial charge in [0.15, 0.2) is 0 Å². The molecule has 0 aromatic heterocycles. The lowest BCUT2D eigenvalue weighted by Gasteiger charge is -2.36. The highest BCUT2D eigenvalue weighted by Gasteiger charge is 2.50. The molecule has 17 heavy (non-hydrogen) atoms. The molecule has 0 spiro atoms. The van der Waals surface area contributed by atoms with E-state index in [9.17, 15) is 4.79 Å². The van der Waals surface area contributed by atoms with Crippen LogP contribution in [0.25, 0.3) is 0 Å². The molecule has 1 aliphatic heterocycles. The summed E-state index contributed by atoms with van der Waals surface area (Å²) < 4.78 is 0. The summed E-state index contributed by atoms with van der Waals surface area (Å²) in [4.78, 5) is 14.4. The molecule has 0 aromatic rings. The smallest absolute Gasteiger partial charge is 0.228 e. The van der Waals surface area contributed by atoms with Crippen molar-refractivity contribution in [2.75, 3.05) is 13.1 Å². The molecule has 2 unspecified atom stereocenters. The van der Waals surface area contributed by atoms with Gasteiger partial charge in [0, 0.05) is 24.5 Å².